The second-order valence-corrected chi connectivity index (χ2v) is 6.41. The SMILES string of the molecule is CC(CN1CCCC1)Cn1c(CO)nnc1SCC(=O)O. The Morgan fingerprint density at radius 1 is 1.33 bits per heavy atom. The highest BCUT2D eigenvalue weighted by molar-refractivity contribution is 7.99. The molecular formula is C13H22N4O3S. The predicted molar refractivity (Wildman–Crippen MR) is 79.1 cm³/mol. The predicted octanol–water partition coefficient (Wildman–Crippen LogP) is 0.679. The number of carboxylic acid groups (broad SMARTS) is 1. The summed E-state index contributed by atoms with van der Waals surface area (Å²) in [5, 5.41) is 26.6. The van der Waals surface area contributed by atoms with Crippen LogP contribution < -0.4 is 0 Å². The summed E-state index contributed by atoms with van der Waals surface area (Å²) in [4.78, 5) is 13.1. The van der Waals surface area contributed by atoms with E-state index >= 15 is 0 Å². The van der Waals surface area contributed by atoms with Gasteiger partial charge in [-0.1, -0.05) is 18.7 Å². The molecule has 1 atom stereocenters. The Hall–Kier alpha value is -1.12. The Morgan fingerprint density at radius 3 is 2.67 bits per heavy atom. The van der Waals surface area contributed by atoms with Crippen LogP contribution in [0.4, 0.5) is 0 Å². The molecule has 0 amide bonds. The van der Waals surface area contributed by atoms with Gasteiger partial charge < -0.3 is 19.7 Å². The number of likely N-dealkylation sites (tertiary alicyclic amines) is 1. The van der Waals surface area contributed by atoms with E-state index in [9.17, 15) is 9.90 Å². The zero-order valence-corrected chi connectivity index (χ0v) is 13.1. The molecule has 2 heterocycles. The number of aromatic nitrogens is 3. The molecule has 1 saturated heterocycles. The van der Waals surface area contributed by atoms with Gasteiger partial charge in [0, 0.05) is 13.1 Å². The molecule has 0 spiro atoms. The zero-order chi connectivity index (χ0) is 15.2. The summed E-state index contributed by atoms with van der Waals surface area (Å²) in [6.07, 6.45) is 2.53. The molecule has 1 aromatic rings. The van der Waals surface area contributed by atoms with Gasteiger partial charge in [-0.15, -0.1) is 10.2 Å². The molecule has 2 rings (SSSR count). The van der Waals surface area contributed by atoms with E-state index in [1.807, 2.05) is 4.57 Å². The second kappa shape index (κ2) is 7.77. The lowest BCUT2D eigenvalue weighted by Gasteiger charge is -2.21. The summed E-state index contributed by atoms with van der Waals surface area (Å²) in [6.45, 7) is 5.98. The molecule has 1 unspecified atom stereocenters. The number of aliphatic carboxylic acids is 1. The van der Waals surface area contributed by atoms with Crippen LogP contribution in [0.3, 0.4) is 0 Å². The zero-order valence-electron chi connectivity index (χ0n) is 12.2. The molecule has 0 saturated carbocycles. The van der Waals surface area contributed by atoms with E-state index in [-0.39, 0.29) is 12.4 Å². The lowest BCUT2D eigenvalue weighted by Crippen LogP contribution is -2.28. The maximum Gasteiger partial charge on any atom is 0.313 e. The number of aliphatic hydroxyl groups is 1. The van der Waals surface area contributed by atoms with E-state index in [0.717, 1.165) is 31.4 Å². The van der Waals surface area contributed by atoms with Crippen molar-refractivity contribution >= 4 is 17.7 Å². The van der Waals surface area contributed by atoms with Crippen LogP contribution in [0.15, 0.2) is 5.16 Å². The molecule has 1 aliphatic heterocycles. The van der Waals surface area contributed by atoms with Crippen LogP contribution in [0.1, 0.15) is 25.6 Å². The molecule has 1 aromatic heterocycles. The molecule has 8 heteroatoms. The first-order valence-electron chi connectivity index (χ1n) is 7.20. The number of hydrogen-bond acceptors (Lipinski definition) is 6. The summed E-state index contributed by atoms with van der Waals surface area (Å²) < 4.78 is 1.84. The Morgan fingerprint density at radius 2 is 2.05 bits per heavy atom. The van der Waals surface area contributed by atoms with E-state index < -0.39 is 5.97 Å². The van der Waals surface area contributed by atoms with Gasteiger partial charge >= 0.3 is 5.97 Å². The molecule has 0 bridgehead atoms. The smallest absolute Gasteiger partial charge is 0.313 e. The van der Waals surface area contributed by atoms with Crippen molar-refractivity contribution in [2.75, 3.05) is 25.4 Å². The van der Waals surface area contributed by atoms with Crippen LogP contribution in [0, 0.1) is 5.92 Å². The van der Waals surface area contributed by atoms with Crippen LogP contribution in [-0.4, -0.2) is 61.2 Å². The highest BCUT2D eigenvalue weighted by Gasteiger charge is 2.19. The van der Waals surface area contributed by atoms with Crippen LogP contribution in [0.25, 0.3) is 0 Å². The van der Waals surface area contributed by atoms with Crippen LogP contribution in [-0.2, 0) is 17.9 Å². The van der Waals surface area contributed by atoms with Gasteiger partial charge in [0.05, 0.1) is 5.75 Å². The van der Waals surface area contributed by atoms with Crippen molar-refractivity contribution in [2.45, 2.75) is 38.1 Å². The Kier molecular flexibility index (Phi) is 6.01. The molecule has 1 aliphatic rings. The van der Waals surface area contributed by atoms with Gasteiger partial charge in [-0.05, 0) is 31.8 Å². The number of carbonyl (C=O) groups is 1. The van der Waals surface area contributed by atoms with E-state index in [1.165, 1.54) is 12.8 Å². The number of hydrogen-bond donors (Lipinski definition) is 2. The number of thioether (sulfide) groups is 1. The maximum atomic E-state index is 10.7. The molecule has 0 radical (unpaired) electrons. The number of nitrogens with zero attached hydrogens (tertiary/aromatic N) is 4. The quantitative estimate of drug-likeness (QED) is 0.682. The molecule has 21 heavy (non-hydrogen) atoms. The average molecular weight is 314 g/mol. The molecule has 0 aromatic carbocycles. The minimum Gasteiger partial charge on any atom is -0.481 e. The van der Waals surface area contributed by atoms with Crippen molar-refractivity contribution in [3.05, 3.63) is 5.82 Å². The third kappa shape index (κ3) is 4.69. The Labute approximate surface area is 128 Å². The first kappa shape index (κ1) is 16.3. The number of aliphatic hydroxyl groups excluding tert-OH is 1. The molecule has 1 fully saturated rings. The van der Waals surface area contributed by atoms with Crippen molar-refractivity contribution < 1.29 is 15.0 Å². The Bertz CT molecular complexity index is 474. The van der Waals surface area contributed by atoms with Gasteiger partial charge in [-0.2, -0.15) is 0 Å². The van der Waals surface area contributed by atoms with Crippen molar-refractivity contribution in [1.29, 1.82) is 0 Å². The van der Waals surface area contributed by atoms with Crippen molar-refractivity contribution in [1.82, 2.24) is 19.7 Å². The Balaban J connectivity index is 1.98. The van der Waals surface area contributed by atoms with E-state index in [0.29, 0.717) is 23.4 Å². The third-order valence-electron chi connectivity index (χ3n) is 3.52. The largest absolute Gasteiger partial charge is 0.481 e. The van der Waals surface area contributed by atoms with Crippen LogP contribution in [0.5, 0.6) is 0 Å². The maximum absolute atomic E-state index is 10.7. The first-order valence-corrected chi connectivity index (χ1v) is 8.18. The average Bonchev–Trinajstić information content (AvgIpc) is 3.06. The summed E-state index contributed by atoms with van der Waals surface area (Å²) in [7, 11) is 0. The van der Waals surface area contributed by atoms with Gasteiger partial charge in [0.1, 0.15) is 6.61 Å². The molecule has 2 N–H and O–H groups in total. The van der Waals surface area contributed by atoms with Crippen LogP contribution >= 0.6 is 11.8 Å². The summed E-state index contributed by atoms with van der Waals surface area (Å²) in [6, 6.07) is 0. The first-order chi connectivity index (χ1) is 10.1. The van der Waals surface area contributed by atoms with E-state index in [2.05, 4.69) is 22.0 Å². The van der Waals surface area contributed by atoms with Gasteiger partial charge in [0.2, 0.25) is 0 Å². The summed E-state index contributed by atoms with van der Waals surface area (Å²) in [5.74, 6) is -0.0423. The van der Waals surface area contributed by atoms with E-state index in [1.54, 1.807) is 0 Å². The fourth-order valence-electron chi connectivity index (χ4n) is 2.63. The topological polar surface area (TPSA) is 91.5 Å². The van der Waals surface area contributed by atoms with Crippen molar-refractivity contribution in [3.63, 3.8) is 0 Å². The monoisotopic (exact) mass is 314 g/mol. The van der Waals surface area contributed by atoms with Crippen LogP contribution in [0.2, 0.25) is 0 Å². The normalized spacial score (nSPS) is 17.2. The summed E-state index contributed by atoms with van der Waals surface area (Å²) in [5.41, 5.74) is 0. The molecular weight excluding hydrogens is 292 g/mol. The van der Waals surface area contributed by atoms with Gasteiger partial charge in [-0.25, -0.2) is 0 Å². The van der Waals surface area contributed by atoms with Gasteiger partial charge in [0.25, 0.3) is 0 Å². The molecule has 118 valence electrons. The fraction of sp³-hybridized carbons (Fsp3) is 0.769. The van der Waals surface area contributed by atoms with Gasteiger partial charge in [-0.3, -0.25) is 4.79 Å². The standard InChI is InChI=1S/C13H22N4O3S/c1-10(6-16-4-2-3-5-16)7-17-11(8-18)14-15-13(17)21-9-12(19)20/h10,18H,2-9H2,1H3,(H,19,20). The number of carboxylic acids is 1. The van der Waals surface area contributed by atoms with Crippen molar-refractivity contribution in [2.24, 2.45) is 5.92 Å². The third-order valence-corrected chi connectivity index (χ3v) is 4.47. The minimum atomic E-state index is -0.884. The lowest BCUT2D eigenvalue weighted by molar-refractivity contribution is -0.133. The second-order valence-electron chi connectivity index (χ2n) is 5.46. The highest BCUT2D eigenvalue weighted by atomic mass is 32.2. The lowest BCUT2D eigenvalue weighted by atomic mass is 10.1. The minimum absolute atomic E-state index is 0.0515. The van der Waals surface area contributed by atoms with Gasteiger partial charge in [0.15, 0.2) is 11.0 Å². The molecule has 0 aliphatic carbocycles. The number of rotatable bonds is 8. The summed E-state index contributed by atoms with van der Waals surface area (Å²) >= 11 is 1.14. The van der Waals surface area contributed by atoms with Crippen molar-refractivity contribution in [3.8, 4) is 0 Å². The van der Waals surface area contributed by atoms with E-state index in [4.69, 9.17) is 5.11 Å². The fourth-order valence-corrected chi connectivity index (χ4v) is 3.31. The molecule has 7 nitrogen and oxygen atoms in total. The highest BCUT2D eigenvalue weighted by Crippen LogP contribution is 2.19.